The highest BCUT2D eigenvalue weighted by Gasteiger charge is 2.32. The van der Waals surface area contributed by atoms with Gasteiger partial charge in [-0.1, -0.05) is 6.92 Å². The summed E-state index contributed by atoms with van der Waals surface area (Å²) in [4.78, 5) is 0. The van der Waals surface area contributed by atoms with E-state index in [1.807, 2.05) is 19.2 Å². The third-order valence-corrected chi connectivity index (χ3v) is 6.10. The van der Waals surface area contributed by atoms with E-state index in [-0.39, 0.29) is 0 Å². The van der Waals surface area contributed by atoms with Crippen LogP contribution in [0, 0.1) is 5.92 Å². The van der Waals surface area contributed by atoms with Crippen molar-refractivity contribution >= 4 is 10.2 Å². The highest BCUT2D eigenvalue weighted by atomic mass is 32.2. The summed E-state index contributed by atoms with van der Waals surface area (Å²) < 4.78 is 35.7. The molecular formula is C14H26N4O3S. The third kappa shape index (κ3) is 4.28. The van der Waals surface area contributed by atoms with Gasteiger partial charge >= 0.3 is 0 Å². The summed E-state index contributed by atoms with van der Waals surface area (Å²) in [6.45, 7) is 5.11. The van der Waals surface area contributed by atoms with Crippen molar-refractivity contribution < 1.29 is 13.2 Å². The van der Waals surface area contributed by atoms with Gasteiger partial charge in [-0.25, -0.2) is 0 Å². The number of hydrogen-bond donors (Lipinski definition) is 0. The first-order chi connectivity index (χ1) is 10.6. The summed E-state index contributed by atoms with van der Waals surface area (Å²) in [5, 5.41) is 4.12. The lowest BCUT2D eigenvalue weighted by atomic mass is 10.0. The summed E-state index contributed by atoms with van der Waals surface area (Å²) in [6, 6.07) is 1.84. The number of likely N-dealkylation sites (N-methyl/N-ethyl adjacent to an activating group) is 1. The van der Waals surface area contributed by atoms with Gasteiger partial charge in [0.1, 0.15) is 0 Å². The average molecular weight is 330 g/mol. The van der Waals surface area contributed by atoms with Crippen molar-refractivity contribution in [2.24, 2.45) is 5.92 Å². The molecule has 1 aromatic heterocycles. The maximum Gasteiger partial charge on any atom is 0.282 e. The minimum absolute atomic E-state index is 0.290. The van der Waals surface area contributed by atoms with Crippen molar-refractivity contribution in [3.05, 3.63) is 18.5 Å². The first-order valence-corrected chi connectivity index (χ1v) is 9.19. The Morgan fingerprint density at radius 2 is 2.27 bits per heavy atom. The molecule has 0 aliphatic carbocycles. The molecule has 0 radical (unpaired) electrons. The van der Waals surface area contributed by atoms with E-state index in [4.69, 9.17) is 4.74 Å². The van der Waals surface area contributed by atoms with Crippen molar-refractivity contribution in [1.82, 2.24) is 18.4 Å². The van der Waals surface area contributed by atoms with E-state index < -0.39 is 10.2 Å². The molecule has 2 rings (SSSR count). The van der Waals surface area contributed by atoms with Crippen molar-refractivity contribution in [3.8, 4) is 0 Å². The largest absolute Gasteiger partial charge is 0.384 e. The summed E-state index contributed by atoms with van der Waals surface area (Å²) in [7, 11) is -1.75. The molecule has 1 fully saturated rings. The molecule has 1 aliphatic heterocycles. The van der Waals surface area contributed by atoms with E-state index in [0.717, 1.165) is 12.8 Å². The van der Waals surface area contributed by atoms with Crippen LogP contribution >= 0.6 is 0 Å². The van der Waals surface area contributed by atoms with Crippen LogP contribution in [0.4, 0.5) is 0 Å². The molecule has 1 aliphatic rings. The van der Waals surface area contributed by atoms with Crippen LogP contribution in [0.2, 0.25) is 0 Å². The van der Waals surface area contributed by atoms with Crippen LogP contribution in [0.25, 0.3) is 0 Å². The summed E-state index contributed by atoms with van der Waals surface area (Å²) >= 11 is 0. The normalized spacial score (nSPS) is 20.6. The van der Waals surface area contributed by atoms with E-state index in [2.05, 4.69) is 5.10 Å². The Bertz CT molecular complexity index is 530. The fourth-order valence-corrected chi connectivity index (χ4v) is 4.58. The molecule has 1 unspecified atom stereocenters. The number of piperidine rings is 1. The second-order valence-electron chi connectivity index (χ2n) is 5.59. The number of rotatable bonds is 8. The Morgan fingerprint density at radius 1 is 1.45 bits per heavy atom. The predicted octanol–water partition coefficient (Wildman–Crippen LogP) is 0.808. The molecule has 7 nitrogen and oxygen atoms in total. The van der Waals surface area contributed by atoms with Crippen molar-refractivity contribution in [2.75, 3.05) is 39.9 Å². The summed E-state index contributed by atoms with van der Waals surface area (Å²) in [6.07, 6.45) is 5.46. The van der Waals surface area contributed by atoms with Crippen LogP contribution in [0.5, 0.6) is 0 Å². The van der Waals surface area contributed by atoms with E-state index in [9.17, 15) is 8.42 Å². The second kappa shape index (κ2) is 8.05. The molecule has 1 aromatic rings. The van der Waals surface area contributed by atoms with Crippen LogP contribution in [0.1, 0.15) is 19.8 Å². The highest BCUT2D eigenvalue weighted by molar-refractivity contribution is 7.86. The van der Waals surface area contributed by atoms with E-state index >= 15 is 0 Å². The van der Waals surface area contributed by atoms with Gasteiger partial charge in [-0.3, -0.25) is 4.68 Å². The van der Waals surface area contributed by atoms with Gasteiger partial charge in [0, 0.05) is 45.7 Å². The van der Waals surface area contributed by atoms with Crippen molar-refractivity contribution in [1.29, 1.82) is 0 Å². The lowest BCUT2D eigenvalue weighted by Crippen LogP contribution is -2.49. The Hall–Kier alpha value is -0.960. The van der Waals surface area contributed by atoms with Crippen LogP contribution < -0.4 is 0 Å². The molecule has 0 saturated carbocycles. The number of nitrogens with zero attached hydrogens (tertiary/aromatic N) is 4. The van der Waals surface area contributed by atoms with Crippen LogP contribution in [0.3, 0.4) is 0 Å². The van der Waals surface area contributed by atoms with Gasteiger partial charge in [-0.2, -0.15) is 22.1 Å². The predicted molar refractivity (Wildman–Crippen MR) is 84.6 cm³/mol. The van der Waals surface area contributed by atoms with Crippen molar-refractivity contribution in [3.63, 3.8) is 0 Å². The maximum absolute atomic E-state index is 12.8. The van der Waals surface area contributed by atoms with Gasteiger partial charge in [0.05, 0.1) is 13.2 Å². The maximum atomic E-state index is 12.8. The number of ether oxygens (including phenoxy) is 1. The minimum atomic E-state index is -3.41. The lowest BCUT2D eigenvalue weighted by molar-refractivity contribution is 0.116. The van der Waals surface area contributed by atoms with E-state index in [1.54, 1.807) is 22.3 Å². The molecule has 0 bridgehead atoms. The molecule has 2 heterocycles. The molecule has 22 heavy (non-hydrogen) atoms. The molecule has 8 heteroatoms. The highest BCUT2D eigenvalue weighted by Crippen LogP contribution is 2.21. The SMILES string of the molecule is CCN(CCn1cccn1)S(=O)(=O)N1CCCC(COC)C1. The topological polar surface area (TPSA) is 67.7 Å². The Morgan fingerprint density at radius 3 is 2.91 bits per heavy atom. The zero-order chi connectivity index (χ0) is 16.0. The van der Waals surface area contributed by atoms with Gasteiger partial charge in [0.15, 0.2) is 0 Å². The molecule has 0 spiro atoms. The summed E-state index contributed by atoms with van der Waals surface area (Å²) in [5.41, 5.74) is 0. The van der Waals surface area contributed by atoms with Crippen molar-refractivity contribution in [2.45, 2.75) is 26.3 Å². The van der Waals surface area contributed by atoms with Crippen LogP contribution in [-0.4, -0.2) is 66.7 Å². The molecule has 0 aromatic carbocycles. The molecular weight excluding hydrogens is 304 g/mol. The molecule has 0 N–H and O–H groups in total. The molecule has 126 valence electrons. The summed E-state index contributed by atoms with van der Waals surface area (Å²) in [5.74, 6) is 0.290. The van der Waals surface area contributed by atoms with Crippen LogP contribution in [0.15, 0.2) is 18.5 Å². The Labute approximate surface area is 133 Å². The van der Waals surface area contributed by atoms with Gasteiger partial charge < -0.3 is 4.74 Å². The number of methoxy groups -OCH3 is 1. The Balaban J connectivity index is 1.99. The standard InChI is InChI=1S/C14H26N4O3S/c1-3-17(11-10-16-8-5-7-15-16)22(19,20)18-9-4-6-14(12-18)13-21-2/h5,7-8,14H,3-4,6,9-13H2,1-2H3. The third-order valence-electron chi connectivity index (χ3n) is 4.03. The van der Waals surface area contributed by atoms with E-state index in [0.29, 0.717) is 45.2 Å². The zero-order valence-corrected chi connectivity index (χ0v) is 14.2. The minimum Gasteiger partial charge on any atom is -0.384 e. The quantitative estimate of drug-likeness (QED) is 0.707. The van der Waals surface area contributed by atoms with Gasteiger partial charge in [-0.15, -0.1) is 0 Å². The zero-order valence-electron chi connectivity index (χ0n) is 13.4. The fourth-order valence-electron chi connectivity index (χ4n) is 2.85. The number of hydrogen-bond acceptors (Lipinski definition) is 4. The number of aromatic nitrogens is 2. The van der Waals surface area contributed by atoms with Gasteiger partial charge in [0.25, 0.3) is 10.2 Å². The fraction of sp³-hybridized carbons (Fsp3) is 0.786. The van der Waals surface area contributed by atoms with Gasteiger partial charge in [0.2, 0.25) is 0 Å². The monoisotopic (exact) mass is 330 g/mol. The lowest BCUT2D eigenvalue weighted by Gasteiger charge is -2.35. The molecule has 1 atom stereocenters. The Kier molecular flexibility index (Phi) is 6.37. The van der Waals surface area contributed by atoms with E-state index in [1.165, 1.54) is 4.31 Å². The van der Waals surface area contributed by atoms with Crippen LogP contribution in [-0.2, 0) is 21.5 Å². The molecule has 1 saturated heterocycles. The average Bonchev–Trinajstić information content (AvgIpc) is 3.02. The second-order valence-corrected chi connectivity index (χ2v) is 7.52. The first kappa shape index (κ1) is 17.4. The van der Waals surface area contributed by atoms with Gasteiger partial charge in [-0.05, 0) is 24.8 Å². The smallest absolute Gasteiger partial charge is 0.282 e. The first-order valence-electron chi connectivity index (χ1n) is 7.79. The molecule has 0 amide bonds.